The number of carbonyl (C=O) groups is 7. The van der Waals surface area contributed by atoms with Gasteiger partial charge in [-0.05, 0) is 68.4 Å². The van der Waals surface area contributed by atoms with Crippen molar-refractivity contribution in [2.24, 2.45) is 17.6 Å². The first-order valence-corrected chi connectivity index (χ1v) is 19.1. The molecule has 52 heavy (non-hydrogen) atoms. The third kappa shape index (κ3) is 14.4. The van der Waals surface area contributed by atoms with Gasteiger partial charge in [0, 0.05) is 44.7 Å². The van der Waals surface area contributed by atoms with Crippen LogP contribution >= 0.6 is 11.8 Å². The molecule has 1 aromatic carbocycles. The van der Waals surface area contributed by atoms with E-state index in [1.807, 2.05) is 20.8 Å². The highest BCUT2D eigenvalue weighted by molar-refractivity contribution is 8.00. The van der Waals surface area contributed by atoms with Crippen LogP contribution in [0.5, 0.6) is 0 Å². The molecule has 2 rings (SSSR count). The van der Waals surface area contributed by atoms with Crippen LogP contribution in [-0.4, -0.2) is 101 Å². The summed E-state index contributed by atoms with van der Waals surface area (Å²) in [4.78, 5) is 90.5. The number of nitrogens with one attached hydrogen (secondary N) is 4. The summed E-state index contributed by atoms with van der Waals surface area (Å²) in [5.41, 5.74) is 6.34. The van der Waals surface area contributed by atoms with Gasteiger partial charge in [-0.2, -0.15) is 11.8 Å². The van der Waals surface area contributed by atoms with Crippen molar-refractivity contribution in [2.45, 2.75) is 110 Å². The molecule has 2 unspecified atom stereocenters. The number of amides is 8. The Labute approximate surface area is 311 Å². The van der Waals surface area contributed by atoms with Gasteiger partial charge in [0.05, 0.1) is 5.25 Å². The number of nitrogens with two attached hydrogens (primary N) is 1. The fraction of sp³-hybridized carbons (Fsp3) is 0.639. The predicted molar refractivity (Wildman–Crippen MR) is 200 cm³/mol. The molecule has 1 aliphatic heterocycles. The van der Waals surface area contributed by atoms with Gasteiger partial charge < -0.3 is 36.6 Å². The Kier molecular flexibility index (Phi) is 18.4. The Morgan fingerprint density at radius 3 is 2.19 bits per heavy atom. The SMILES string of the molecule is CSC1CC(=O)N(CCCCCC(=O)NC(C(=O)N[C@@H](CCCNC(N)=O)C(=O)Nc2ccc(COC(=O)N(C)[C@H](C)C(C)C)cc2)C(C)C)C1=O. The predicted octanol–water partition coefficient (Wildman–Crippen LogP) is 3.36. The lowest BCUT2D eigenvalue weighted by Crippen LogP contribution is -2.54. The molecular weight excluding hydrogens is 691 g/mol. The van der Waals surface area contributed by atoms with E-state index >= 15 is 0 Å². The first-order chi connectivity index (χ1) is 24.5. The Bertz CT molecular complexity index is 1390. The average Bonchev–Trinajstić information content (AvgIpc) is 3.37. The third-order valence-corrected chi connectivity index (χ3v) is 10.0. The molecular formula is C36H57N7O8S. The summed E-state index contributed by atoms with van der Waals surface area (Å²) in [7, 11) is 1.69. The number of thioether (sulfide) groups is 1. The molecule has 1 aliphatic rings. The topological polar surface area (TPSA) is 209 Å². The molecule has 16 heteroatoms. The maximum Gasteiger partial charge on any atom is 0.410 e. The average molecular weight is 748 g/mol. The van der Waals surface area contributed by atoms with E-state index in [1.165, 1.54) is 16.7 Å². The lowest BCUT2D eigenvalue weighted by atomic mass is 10.0. The second kappa shape index (κ2) is 21.9. The van der Waals surface area contributed by atoms with Gasteiger partial charge in [0.2, 0.25) is 29.5 Å². The zero-order valence-corrected chi connectivity index (χ0v) is 32.3. The molecule has 6 N–H and O–H groups in total. The number of benzene rings is 1. The minimum absolute atomic E-state index is 0.00910. The number of nitrogens with zero attached hydrogens (tertiary/aromatic N) is 2. The van der Waals surface area contributed by atoms with E-state index in [4.69, 9.17) is 10.5 Å². The number of primary amides is 1. The number of urea groups is 1. The van der Waals surface area contributed by atoms with Crippen molar-refractivity contribution < 1.29 is 38.3 Å². The third-order valence-electron chi connectivity index (χ3n) is 9.09. The van der Waals surface area contributed by atoms with Crippen molar-refractivity contribution in [1.82, 2.24) is 25.8 Å². The molecule has 1 fully saturated rings. The van der Waals surface area contributed by atoms with Crippen LogP contribution < -0.4 is 27.0 Å². The highest BCUT2D eigenvalue weighted by atomic mass is 32.2. The summed E-state index contributed by atoms with van der Waals surface area (Å²) < 4.78 is 5.43. The summed E-state index contributed by atoms with van der Waals surface area (Å²) in [5.74, 6) is -1.72. The normalized spacial score (nSPS) is 15.9. The zero-order chi connectivity index (χ0) is 39.0. The zero-order valence-electron chi connectivity index (χ0n) is 31.5. The highest BCUT2D eigenvalue weighted by Gasteiger charge is 2.37. The van der Waals surface area contributed by atoms with E-state index in [0.717, 1.165) is 5.56 Å². The van der Waals surface area contributed by atoms with Gasteiger partial charge in [-0.1, -0.05) is 46.2 Å². The summed E-state index contributed by atoms with van der Waals surface area (Å²) >= 11 is 1.37. The first-order valence-electron chi connectivity index (χ1n) is 17.8. The number of anilines is 1. The van der Waals surface area contributed by atoms with Crippen LogP contribution in [0.2, 0.25) is 0 Å². The molecule has 1 heterocycles. The van der Waals surface area contributed by atoms with Gasteiger partial charge in [-0.3, -0.25) is 28.9 Å². The van der Waals surface area contributed by atoms with Gasteiger partial charge in [-0.15, -0.1) is 0 Å². The summed E-state index contributed by atoms with van der Waals surface area (Å²) in [6.07, 6.45) is 3.95. The van der Waals surface area contributed by atoms with E-state index in [-0.39, 0.29) is 73.3 Å². The molecule has 0 radical (unpaired) electrons. The van der Waals surface area contributed by atoms with E-state index in [1.54, 1.807) is 56.3 Å². The van der Waals surface area contributed by atoms with Crippen LogP contribution in [0.4, 0.5) is 15.3 Å². The monoisotopic (exact) mass is 747 g/mol. The number of imide groups is 1. The van der Waals surface area contributed by atoms with E-state index in [0.29, 0.717) is 37.9 Å². The second-order valence-electron chi connectivity index (χ2n) is 13.7. The largest absolute Gasteiger partial charge is 0.445 e. The summed E-state index contributed by atoms with van der Waals surface area (Å²) in [6.45, 7) is 10.1. The number of ether oxygens (including phenoxy) is 1. The number of hydrogen-bond acceptors (Lipinski definition) is 9. The van der Waals surface area contributed by atoms with Crippen molar-refractivity contribution >= 4 is 59.1 Å². The van der Waals surface area contributed by atoms with Crippen LogP contribution in [0.3, 0.4) is 0 Å². The van der Waals surface area contributed by atoms with Crippen LogP contribution in [0, 0.1) is 11.8 Å². The fourth-order valence-corrected chi connectivity index (χ4v) is 6.04. The van der Waals surface area contributed by atoms with Crippen molar-refractivity contribution in [3.05, 3.63) is 29.8 Å². The number of hydrogen-bond donors (Lipinski definition) is 5. The number of rotatable bonds is 21. The van der Waals surface area contributed by atoms with E-state index < -0.39 is 36.0 Å². The van der Waals surface area contributed by atoms with Gasteiger partial charge in [0.15, 0.2) is 0 Å². The number of unbranched alkanes of at least 4 members (excludes halogenated alkanes) is 2. The number of carbonyl (C=O) groups excluding carboxylic acids is 7. The van der Waals surface area contributed by atoms with Crippen molar-refractivity contribution in [2.75, 3.05) is 31.7 Å². The van der Waals surface area contributed by atoms with Crippen LogP contribution in [0.25, 0.3) is 0 Å². The Morgan fingerprint density at radius 1 is 0.942 bits per heavy atom. The minimum Gasteiger partial charge on any atom is -0.445 e. The Balaban J connectivity index is 1.95. The summed E-state index contributed by atoms with van der Waals surface area (Å²) in [5, 5.41) is 10.5. The van der Waals surface area contributed by atoms with Crippen molar-refractivity contribution in [3.63, 3.8) is 0 Å². The molecule has 0 bridgehead atoms. The second-order valence-corrected chi connectivity index (χ2v) is 14.8. The van der Waals surface area contributed by atoms with Crippen molar-refractivity contribution in [3.8, 4) is 0 Å². The molecule has 15 nitrogen and oxygen atoms in total. The van der Waals surface area contributed by atoms with Crippen LogP contribution in [-0.2, 0) is 35.3 Å². The molecule has 0 saturated carbocycles. The molecule has 1 aromatic rings. The number of likely N-dealkylation sites (tertiary alicyclic amines) is 1. The molecule has 0 aromatic heterocycles. The lowest BCUT2D eigenvalue weighted by Gasteiger charge is -2.27. The minimum atomic E-state index is -0.999. The summed E-state index contributed by atoms with van der Waals surface area (Å²) in [6, 6.07) is 4.14. The van der Waals surface area contributed by atoms with E-state index in [2.05, 4.69) is 21.3 Å². The Morgan fingerprint density at radius 2 is 1.62 bits per heavy atom. The van der Waals surface area contributed by atoms with Crippen LogP contribution in [0.1, 0.15) is 85.1 Å². The molecule has 4 atom stereocenters. The van der Waals surface area contributed by atoms with Crippen molar-refractivity contribution in [1.29, 1.82) is 0 Å². The molecule has 290 valence electrons. The van der Waals surface area contributed by atoms with Gasteiger partial charge in [-0.25, -0.2) is 9.59 Å². The maximum atomic E-state index is 13.5. The standard InChI is InChI=1S/C36H57N7O8S/c1-22(2)24(5)42(6)36(50)51-21-25-14-16-26(17-15-25)39-32(46)27(12-11-18-38-35(37)49)40-33(47)31(23(3)4)41-29(44)13-9-8-10-19-43-30(45)20-28(52-7)34(43)48/h14-17,22-24,27-28,31H,8-13,18-21H2,1-7H3,(H,39,46)(H,40,47)(H,41,44)(H3,37,38,49)/t24-,27+,28?,31?/m1/s1. The molecule has 1 saturated heterocycles. The maximum absolute atomic E-state index is 13.5. The fourth-order valence-electron chi connectivity index (χ4n) is 5.41. The highest BCUT2D eigenvalue weighted by Crippen LogP contribution is 2.23. The molecule has 0 spiro atoms. The van der Waals surface area contributed by atoms with Gasteiger partial charge in [0.25, 0.3) is 0 Å². The molecule has 8 amide bonds. The van der Waals surface area contributed by atoms with E-state index in [9.17, 15) is 33.6 Å². The smallest absolute Gasteiger partial charge is 0.410 e. The molecule has 0 aliphatic carbocycles. The van der Waals surface area contributed by atoms with Gasteiger partial charge >= 0.3 is 12.1 Å². The lowest BCUT2D eigenvalue weighted by molar-refractivity contribution is -0.138. The van der Waals surface area contributed by atoms with Gasteiger partial charge in [0.1, 0.15) is 18.7 Å². The van der Waals surface area contributed by atoms with Crippen LogP contribution in [0.15, 0.2) is 24.3 Å². The first kappa shape index (κ1) is 43.8. The quantitative estimate of drug-likeness (QED) is 0.0921. The Hall–Kier alpha value is -4.34.